The van der Waals surface area contributed by atoms with Crippen molar-refractivity contribution >= 4 is 41.4 Å². The van der Waals surface area contributed by atoms with Gasteiger partial charge >= 0.3 is 12.0 Å². The lowest BCUT2D eigenvalue weighted by atomic mass is 9.96. The van der Waals surface area contributed by atoms with E-state index in [-0.39, 0.29) is 6.04 Å². The molecule has 152 valence electrons. The van der Waals surface area contributed by atoms with Crippen molar-refractivity contribution in [3.8, 4) is 0 Å². The number of ether oxygens (including phenoxy) is 1. The van der Waals surface area contributed by atoms with Crippen molar-refractivity contribution < 1.29 is 19.1 Å². The van der Waals surface area contributed by atoms with E-state index in [2.05, 4.69) is 10.6 Å². The van der Waals surface area contributed by atoms with E-state index in [1.165, 1.54) is 18.9 Å². The minimum absolute atomic E-state index is 0.106. The molecule has 0 aromatic heterocycles. The van der Waals surface area contributed by atoms with Crippen LogP contribution in [0.15, 0.2) is 24.3 Å². The van der Waals surface area contributed by atoms with Crippen LogP contribution in [-0.2, 0) is 9.53 Å². The van der Waals surface area contributed by atoms with Crippen LogP contribution in [0.4, 0.5) is 4.79 Å². The predicted molar refractivity (Wildman–Crippen MR) is 113 cm³/mol. The van der Waals surface area contributed by atoms with Crippen LogP contribution in [0.3, 0.4) is 0 Å². The van der Waals surface area contributed by atoms with Gasteiger partial charge in [-0.05, 0) is 37.5 Å². The number of hydrogen-bond acceptors (Lipinski definition) is 6. The molecule has 1 aromatic carbocycles. The maximum absolute atomic E-state index is 12.3. The molecular weight excluding hydrogens is 396 g/mol. The molecule has 2 aliphatic rings. The van der Waals surface area contributed by atoms with Gasteiger partial charge < -0.3 is 10.1 Å². The van der Waals surface area contributed by atoms with E-state index in [0.717, 1.165) is 37.2 Å². The molecule has 1 saturated carbocycles. The van der Waals surface area contributed by atoms with E-state index in [1.807, 2.05) is 35.7 Å². The highest BCUT2D eigenvalue weighted by Gasteiger charge is 2.23. The first kappa shape index (κ1) is 21.0. The number of benzene rings is 1. The zero-order chi connectivity index (χ0) is 19.9. The third kappa shape index (κ3) is 5.91. The van der Waals surface area contributed by atoms with E-state index >= 15 is 0 Å². The monoisotopic (exact) mass is 422 g/mol. The predicted octanol–water partition coefficient (Wildman–Crippen LogP) is 3.87. The molecule has 0 unspecified atom stereocenters. The van der Waals surface area contributed by atoms with E-state index in [1.54, 1.807) is 12.1 Å². The molecule has 28 heavy (non-hydrogen) atoms. The molecule has 1 aliphatic carbocycles. The Balaban J connectivity index is 1.46. The van der Waals surface area contributed by atoms with Gasteiger partial charge in [0, 0.05) is 17.5 Å². The van der Waals surface area contributed by atoms with Crippen molar-refractivity contribution in [2.75, 3.05) is 11.5 Å². The molecule has 1 saturated heterocycles. The fourth-order valence-corrected chi connectivity index (χ4v) is 6.15. The normalized spacial score (nSPS) is 19.0. The maximum Gasteiger partial charge on any atom is 0.338 e. The number of rotatable bonds is 5. The number of amides is 3. The van der Waals surface area contributed by atoms with Crippen LogP contribution in [0.2, 0.25) is 0 Å². The Morgan fingerprint density at radius 3 is 2.32 bits per heavy atom. The third-order valence-corrected chi connectivity index (χ3v) is 7.97. The Hall–Kier alpha value is -1.67. The van der Waals surface area contributed by atoms with Crippen LogP contribution in [0.25, 0.3) is 0 Å². The second-order valence-corrected chi connectivity index (χ2v) is 9.77. The molecule has 0 radical (unpaired) electrons. The van der Waals surface area contributed by atoms with Gasteiger partial charge in [-0.3, -0.25) is 10.1 Å². The first-order chi connectivity index (χ1) is 13.5. The van der Waals surface area contributed by atoms with Gasteiger partial charge in [-0.25, -0.2) is 9.59 Å². The van der Waals surface area contributed by atoms with E-state index in [9.17, 15) is 14.4 Å². The number of nitrogens with one attached hydrogen (secondary N) is 2. The number of carbonyl (C=O) groups is 3. The Bertz CT molecular complexity index is 699. The molecule has 8 heteroatoms. The van der Waals surface area contributed by atoms with Crippen molar-refractivity contribution in [3.05, 3.63) is 35.4 Å². The summed E-state index contributed by atoms with van der Waals surface area (Å²) in [5.41, 5.74) is 1.57. The first-order valence-corrected chi connectivity index (χ1v) is 11.8. The highest BCUT2D eigenvalue weighted by Crippen LogP contribution is 2.45. The maximum atomic E-state index is 12.3. The SMILES string of the molecule is C[C@H](OC(=O)c1ccc(C2SCCS2)cc1)C(=O)NC(=O)NC1CCCCC1. The van der Waals surface area contributed by atoms with Crippen molar-refractivity contribution in [2.24, 2.45) is 0 Å². The average molecular weight is 423 g/mol. The Morgan fingerprint density at radius 1 is 1.04 bits per heavy atom. The molecule has 2 fully saturated rings. The minimum atomic E-state index is -1.05. The molecule has 0 bridgehead atoms. The third-order valence-electron chi connectivity index (χ3n) is 4.87. The van der Waals surface area contributed by atoms with Gasteiger partial charge in [0.15, 0.2) is 6.10 Å². The summed E-state index contributed by atoms with van der Waals surface area (Å²) in [6.45, 7) is 1.46. The first-order valence-electron chi connectivity index (χ1n) is 9.68. The Morgan fingerprint density at radius 2 is 1.68 bits per heavy atom. The highest BCUT2D eigenvalue weighted by molar-refractivity contribution is 8.19. The number of imide groups is 1. The lowest BCUT2D eigenvalue weighted by Gasteiger charge is -2.23. The van der Waals surface area contributed by atoms with Crippen molar-refractivity contribution in [1.82, 2.24) is 10.6 Å². The molecule has 1 aromatic rings. The van der Waals surface area contributed by atoms with Crippen LogP contribution in [0.5, 0.6) is 0 Å². The van der Waals surface area contributed by atoms with Gasteiger partial charge in [0.05, 0.1) is 10.1 Å². The van der Waals surface area contributed by atoms with E-state index in [0.29, 0.717) is 10.1 Å². The quantitative estimate of drug-likeness (QED) is 0.701. The fraction of sp³-hybridized carbons (Fsp3) is 0.550. The standard InChI is InChI=1S/C20H26N2O4S2/c1-13(17(23)22-20(25)21-16-5-3-2-4-6-16)26-18(24)14-7-9-15(10-8-14)19-27-11-12-28-19/h7-10,13,16,19H,2-6,11-12H2,1H3,(H2,21,22,23,25)/t13-/m0/s1. The molecule has 1 aliphatic heterocycles. The molecule has 0 spiro atoms. The zero-order valence-electron chi connectivity index (χ0n) is 15.9. The lowest BCUT2D eigenvalue weighted by Crippen LogP contribution is -2.48. The summed E-state index contributed by atoms with van der Waals surface area (Å²) in [5.74, 6) is 1.07. The van der Waals surface area contributed by atoms with Gasteiger partial charge in [0.25, 0.3) is 5.91 Å². The smallest absolute Gasteiger partial charge is 0.338 e. The number of thioether (sulfide) groups is 2. The number of carbonyl (C=O) groups excluding carboxylic acids is 3. The van der Waals surface area contributed by atoms with Crippen LogP contribution in [-0.4, -0.2) is 41.6 Å². The second-order valence-electron chi connectivity index (χ2n) is 7.04. The highest BCUT2D eigenvalue weighted by atomic mass is 32.2. The summed E-state index contributed by atoms with van der Waals surface area (Å²) in [7, 11) is 0. The van der Waals surface area contributed by atoms with Crippen molar-refractivity contribution in [2.45, 2.75) is 55.8 Å². The molecular formula is C20H26N2O4S2. The minimum Gasteiger partial charge on any atom is -0.449 e. The van der Waals surface area contributed by atoms with Crippen molar-refractivity contribution in [3.63, 3.8) is 0 Å². The van der Waals surface area contributed by atoms with E-state index < -0.39 is 24.0 Å². The summed E-state index contributed by atoms with van der Waals surface area (Å²) in [5, 5.41) is 5.07. The number of urea groups is 1. The molecule has 6 nitrogen and oxygen atoms in total. The van der Waals surface area contributed by atoms with Crippen LogP contribution in [0.1, 0.15) is 59.5 Å². The van der Waals surface area contributed by atoms with Gasteiger partial charge in [-0.2, -0.15) is 0 Å². The van der Waals surface area contributed by atoms with Gasteiger partial charge in [0.2, 0.25) is 0 Å². The fourth-order valence-electron chi connectivity index (χ4n) is 3.29. The molecule has 3 amide bonds. The van der Waals surface area contributed by atoms with Crippen LogP contribution < -0.4 is 10.6 Å². The van der Waals surface area contributed by atoms with E-state index in [4.69, 9.17) is 4.74 Å². The summed E-state index contributed by atoms with van der Waals surface area (Å²) < 4.78 is 5.63. The van der Waals surface area contributed by atoms with Gasteiger partial charge in [-0.1, -0.05) is 31.4 Å². The lowest BCUT2D eigenvalue weighted by molar-refractivity contribution is -0.127. The summed E-state index contributed by atoms with van der Waals surface area (Å²) >= 11 is 3.80. The summed E-state index contributed by atoms with van der Waals surface area (Å²) in [6.07, 6.45) is 4.17. The van der Waals surface area contributed by atoms with Gasteiger partial charge in [0.1, 0.15) is 0 Å². The largest absolute Gasteiger partial charge is 0.449 e. The summed E-state index contributed by atoms with van der Waals surface area (Å²) in [4.78, 5) is 36.4. The topological polar surface area (TPSA) is 84.5 Å². The Kier molecular flexibility index (Phi) is 7.67. The molecule has 2 N–H and O–H groups in total. The molecule has 1 heterocycles. The number of esters is 1. The zero-order valence-corrected chi connectivity index (χ0v) is 17.6. The average Bonchev–Trinajstić information content (AvgIpc) is 3.23. The van der Waals surface area contributed by atoms with Crippen molar-refractivity contribution in [1.29, 1.82) is 0 Å². The molecule has 1 atom stereocenters. The number of hydrogen-bond donors (Lipinski definition) is 2. The molecule has 3 rings (SSSR count). The van der Waals surface area contributed by atoms with Crippen LogP contribution in [0, 0.1) is 0 Å². The second kappa shape index (κ2) is 10.2. The van der Waals surface area contributed by atoms with Crippen LogP contribution >= 0.6 is 23.5 Å². The van der Waals surface area contributed by atoms with Gasteiger partial charge in [-0.15, -0.1) is 23.5 Å². The Labute approximate surface area is 173 Å². The summed E-state index contributed by atoms with van der Waals surface area (Å²) in [6, 6.07) is 6.86.